The van der Waals surface area contributed by atoms with Gasteiger partial charge in [0.2, 0.25) is 0 Å². The van der Waals surface area contributed by atoms with Gasteiger partial charge in [-0.1, -0.05) is 30.3 Å². The average Bonchev–Trinajstić information content (AvgIpc) is 3.37. The number of nitrogens with zero attached hydrogens (tertiary/aromatic N) is 2. The van der Waals surface area contributed by atoms with E-state index in [-0.39, 0.29) is 11.9 Å². The van der Waals surface area contributed by atoms with Crippen molar-refractivity contribution in [3.63, 3.8) is 0 Å². The Morgan fingerprint density at radius 3 is 2.56 bits per heavy atom. The highest BCUT2D eigenvalue weighted by Gasteiger charge is 2.19. The van der Waals surface area contributed by atoms with Gasteiger partial charge in [0.1, 0.15) is 0 Å². The van der Waals surface area contributed by atoms with Gasteiger partial charge in [-0.25, -0.2) is 9.78 Å². The molecule has 0 aliphatic carbocycles. The summed E-state index contributed by atoms with van der Waals surface area (Å²) in [5, 5.41) is 6.72. The third-order valence-corrected chi connectivity index (χ3v) is 6.24. The molecule has 0 atom stereocenters. The van der Waals surface area contributed by atoms with Crippen LogP contribution in [0.25, 0.3) is 0 Å². The minimum atomic E-state index is -0.282. The smallest absolute Gasteiger partial charge is 0.319 e. The summed E-state index contributed by atoms with van der Waals surface area (Å²) < 4.78 is 0. The molecule has 2 aromatic carbocycles. The molecule has 1 fully saturated rings. The lowest BCUT2D eigenvalue weighted by Gasteiger charge is -2.16. The van der Waals surface area contributed by atoms with Crippen molar-refractivity contribution < 1.29 is 9.59 Å². The van der Waals surface area contributed by atoms with Gasteiger partial charge in [0.05, 0.1) is 5.03 Å². The minimum absolute atomic E-state index is 0.0641. The van der Waals surface area contributed by atoms with E-state index in [1.54, 1.807) is 18.0 Å². The van der Waals surface area contributed by atoms with Crippen LogP contribution in [0.15, 0.2) is 78.0 Å². The second-order valence-corrected chi connectivity index (χ2v) is 8.66. The number of benzene rings is 2. The van der Waals surface area contributed by atoms with E-state index in [9.17, 15) is 9.59 Å². The van der Waals surface area contributed by atoms with Crippen molar-refractivity contribution in [1.82, 2.24) is 15.2 Å². The molecular formula is C25H26N4O2S. The van der Waals surface area contributed by atoms with Crippen LogP contribution in [0.4, 0.5) is 10.5 Å². The monoisotopic (exact) mass is 446 g/mol. The normalized spacial score (nSPS) is 13.1. The number of nitrogens with one attached hydrogen (secondary N) is 2. The maximum absolute atomic E-state index is 12.6. The Morgan fingerprint density at radius 1 is 0.938 bits per heavy atom. The van der Waals surface area contributed by atoms with Crippen LogP contribution in [0, 0.1) is 0 Å². The predicted molar refractivity (Wildman–Crippen MR) is 128 cm³/mol. The molecule has 1 aliphatic rings. The predicted octanol–water partition coefficient (Wildman–Crippen LogP) is 4.93. The molecule has 1 aromatic heterocycles. The number of aromatic nitrogens is 1. The molecule has 0 unspecified atom stereocenters. The number of carbonyl (C=O) groups excluding carboxylic acids is 2. The molecule has 32 heavy (non-hydrogen) atoms. The summed E-state index contributed by atoms with van der Waals surface area (Å²) in [7, 11) is 0. The molecule has 2 heterocycles. The fraction of sp³-hybridized carbons (Fsp3) is 0.240. The quantitative estimate of drug-likeness (QED) is 0.505. The van der Waals surface area contributed by atoms with E-state index in [0.29, 0.717) is 12.1 Å². The van der Waals surface area contributed by atoms with Gasteiger partial charge in [-0.2, -0.15) is 0 Å². The van der Waals surface area contributed by atoms with Gasteiger partial charge in [0, 0.05) is 42.8 Å². The first-order valence-corrected chi connectivity index (χ1v) is 11.7. The van der Waals surface area contributed by atoms with E-state index in [1.165, 1.54) is 0 Å². The number of anilines is 1. The standard InChI is InChI=1S/C25H26N4O2S/c30-24(29-13-3-4-14-29)21-9-5-7-19(15-21)17-27-25(31)28-22-10-6-8-20(16-22)18-32-23-11-1-2-12-26-23/h1-2,5-12,15-16H,3-4,13-14,17-18H2,(H2,27,28,31). The highest BCUT2D eigenvalue weighted by molar-refractivity contribution is 7.98. The van der Waals surface area contributed by atoms with Crippen LogP contribution in [-0.4, -0.2) is 34.9 Å². The summed E-state index contributed by atoms with van der Waals surface area (Å²) in [5.41, 5.74) is 3.40. The summed E-state index contributed by atoms with van der Waals surface area (Å²) >= 11 is 1.65. The number of hydrogen-bond donors (Lipinski definition) is 2. The number of likely N-dealkylation sites (tertiary alicyclic amines) is 1. The third kappa shape index (κ3) is 6.11. The molecule has 0 radical (unpaired) electrons. The summed E-state index contributed by atoms with van der Waals surface area (Å²) in [5.74, 6) is 0.834. The number of carbonyl (C=O) groups is 2. The summed E-state index contributed by atoms with van der Waals surface area (Å²) in [6.45, 7) is 1.99. The highest BCUT2D eigenvalue weighted by atomic mass is 32.2. The maximum atomic E-state index is 12.6. The fourth-order valence-electron chi connectivity index (χ4n) is 3.60. The van der Waals surface area contributed by atoms with E-state index >= 15 is 0 Å². The molecule has 2 N–H and O–H groups in total. The van der Waals surface area contributed by atoms with Crippen molar-refractivity contribution in [3.05, 3.63) is 89.6 Å². The van der Waals surface area contributed by atoms with Crippen LogP contribution in [0.3, 0.4) is 0 Å². The van der Waals surface area contributed by atoms with Crippen molar-refractivity contribution in [2.24, 2.45) is 0 Å². The number of amides is 3. The first-order chi connectivity index (χ1) is 15.7. The summed E-state index contributed by atoms with van der Waals surface area (Å²) in [6, 6.07) is 20.8. The largest absolute Gasteiger partial charge is 0.339 e. The Balaban J connectivity index is 1.28. The highest BCUT2D eigenvalue weighted by Crippen LogP contribution is 2.22. The Morgan fingerprint density at radius 2 is 1.75 bits per heavy atom. The first-order valence-electron chi connectivity index (χ1n) is 10.7. The van der Waals surface area contributed by atoms with Gasteiger partial charge in [0.25, 0.3) is 5.91 Å². The molecule has 164 valence electrons. The number of urea groups is 1. The topological polar surface area (TPSA) is 74.3 Å². The van der Waals surface area contributed by atoms with Gasteiger partial charge in [-0.15, -0.1) is 11.8 Å². The summed E-state index contributed by atoms with van der Waals surface area (Å²) in [4.78, 5) is 31.2. The van der Waals surface area contributed by atoms with E-state index in [2.05, 4.69) is 15.6 Å². The van der Waals surface area contributed by atoms with Crippen molar-refractivity contribution in [3.8, 4) is 0 Å². The lowest BCUT2D eigenvalue weighted by atomic mass is 10.1. The molecule has 6 nitrogen and oxygen atoms in total. The first kappa shape index (κ1) is 21.9. The lowest BCUT2D eigenvalue weighted by Crippen LogP contribution is -2.29. The summed E-state index contributed by atoms with van der Waals surface area (Å²) in [6.07, 6.45) is 3.91. The van der Waals surface area contributed by atoms with Gasteiger partial charge in [-0.3, -0.25) is 4.79 Å². The van der Waals surface area contributed by atoms with Crippen LogP contribution < -0.4 is 10.6 Å². The van der Waals surface area contributed by atoms with Gasteiger partial charge < -0.3 is 15.5 Å². The van der Waals surface area contributed by atoms with E-state index in [4.69, 9.17) is 0 Å². The molecular weight excluding hydrogens is 420 g/mol. The lowest BCUT2D eigenvalue weighted by molar-refractivity contribution is 0.0792. The number of hydrogen-bond acceptors (Lipinski definition) is 4. The van der Waals surface area contributed by atoms with E-state index < -0.39 is 0 Å². The van der Waals surface area contributed by atoms with Gasteiger partial charge in [-0.05, 0) is 60.4 Å². The Bertz CT molecular complexity index is 1070. The number of thioether (sulfide) groups is 1. The zero-order chi connectivity index (χ0) is 22.2. The Hall–Kier alpha value is -3.32. The number of pyridine rings is 1. The van der Waals surface area contributed by atoms with Gasteiger partial charge in [0.15, 0.2) is 0 Å². The minimum Gasteiger partial charge on any atom is -0.339 e. The molecule has 0 spiro atoms. The Kier molecular flexibility index (Phi) is 7.40. The van der Waals surface area contributed by atoms with Gasteiger partial charge >= 0.3 is 6.03 Å². The molecule has 0 bridgehead atoms. The number of rotatable bonds is 7. The molecule has 4 rings (SSSR count). The average molecular weight is 447 g/mol. The zero-order valence-electron chi connectivity index (χ0n) is 17.8. The Labute approximate surface area is 192 Å². The second-order valence-electron chi connectivity index (χ2n) is 7.66. The van der Waals surface area contributed by atoms with Crippen molar-refractivity contribution in [1.29, 1.82) is 0 Å². The SMILES string of the molecule is O=C(NCc1cccc(C(=O)N2CCCC2)c1)Nc1cccc(CSc2ccccn2)c1. The fourth-order valence-corrected chi connectivity index (χ4v) is 4.41. The molecule has 3 amide bonds. The van der Waals surface area contributed by atoms with Crippen LogP contribution in [-0.2, 0) is 12.3 Å². The molecule has 1 aliphatic heterocycles. The van der Waals surface area contributed by atoms with E-state index in [0.717, 1.165) is 53.5 Å². The van der Waals surface area contributed by atoms with Crippen LogP contribution in [0.5, 0.6) is 0 Å². The molecule has 3 aromatic rings. The van der Waals surface area contributed by atoms with Crippen molar-refractivity contribution in [2.75, 3.05) is 18.4 Å². The maximum Gasteiger partial charge on any atom is 0.319 e. The second kappa shape index (κ2) is 10.8. The van der Waals surface area contributed by atoms with E-state index in [1.807, 2.05) is 71.6 Å². The molecule has 1 saturated heterocycles. The van der Waals surface area contributed by atoms with Crippen LogP contribution in [0.2, 0.25) is 0 Å². The van der Waals surface area contributed by atoms with Crippen LogP contribution in [0.1, 0.15) is 34.3 Å². The third-order valence-electron chi connectivity index (χ3n) is 5.23. The zero-order valence-corrected chi connectivity index (χ0v) is 18.6. The van der Waals surface area contributed by atoms with Crippen molar-refractivity contribution >= 4 is 29.4 Å². The molecule has 7 heteroatoms. The van der Waals surface area contributed by atoms with Crippen molar-refractivity contribution in [2.45, 2.75) is 30.2 Å². The molecule has 0 saturated carbocycles. The van der Waals surface area contributed by atoms with Crippen LogP contribution >= 0.6 is 11.8 Å².